The molecule has 0 radical (unpaired) electrons. The molecule has 1 aliphatic heterocycles. The fourth-order valence-electron chi connectivity index (χ4n) is 3.52. The highest BCUT2D eigenvalue weighted by atomic mass is 35.5. The summed E-state index contributed by atoms with van der Waals surface area (Å²) in [7, 11) is 1.20. The second-order valence-corrected chi connectivity index (χ2v) is 7.17. The first-order valence-corrected chi connectivity index (χ1v) is 8.92. The summed E-state index contributed by atoms with van der Waals surface area (Å²) in [5.74, 6) is -5.27. The second kappa shape index (κ2) is 7.50. The summed E-state index contributed by atoms with van der Waals surface area (Å²) < 4.78 is 49.2. The van der Waals surface area contributed by atoms with Crippen molar-refractivity contribution in [2.45, 2.75) is 25.2 Å². The minimum Gasteiger partial charge on any atom is -0.490 e. The fourth-order valence-corrected chi connectivity index (χ4v) is 3.64. The third-order valence-electron chi connectivity index (χ3n) is 4.97. The van der Waals surface area contributed by atoms with Gasteiger partial charge in [-0.05, 0) is 30.5 Å². The zero-order valence-corrected chi connectivity index (χ0v) is 16.0. The number of nitro groups is 1. The van der Waals surface area contributed by atoms with Crippen LogP contribution >= 0.6 is 11.6 Å². The largest absolute Gasteiger partial charge is 0.490 e. The Morgan fingerprint density at radius 2 is 2.04 bits per heavy atom. The number of nitrogens with zero attached hydrogens (tertiary/aromatic N) is 2. The van der Waals surface area contributed by atoms with E-state index in [9.17, 15) is 23.3 Å². The number of hydrogen-bond acceptors (Lipinski definition) is 4. The molecule has 0 aromatic heterocycles. The maximum atomic E-state index is 14.9. The number of ether oxygens (including phenoxy) is 1. The fraction of sp³-hybridized carbons (Fsp3) is 0.368. The first kappa shape index (κ1) is 20.3. The van der Waals surface area contributed by atoms with Crippen molar-refractivity contribution in [2.75, 3.05) is 25.1 Å². The topological polar surface area (TPSA) is 55.6 Å². The van der Waals surface area contributed by atoms with Crippen LogP contribution in [0.25, 0.3) is 0 Å². The first-order valence-electron chi connectivity index (χ1n) is 8.55. The van der Waals surface area contributed by atoms with Gasteiger partial charge >= 0.3 is 5.69 Å². The second-order valence-electron chi connectivity index (χ2n) is 6.77. The summed E-state index contributed by atoms with van der Waals surface area (Å²) in [4.78, 5) is 11.4. The Kier molecular flexibility index (Phi) is 5.43. The summed E-state index contributed by atoms with van der Waals surface area (Å²) >= 11 is 5.98. The lowest BCUT2D eigenvalue weighted by Crippen LogP contribution is -2.47. The normalized spacial score (nSPS) is 18.8. The molecule has 1 heterocycles. The van der Waals surface area contributed by atoms with E-state index in [2.05, 4.69) is 0 Å². The molecular formula is C19H18ClF3N2O3. The molecule has 1 atom stereocenters. The van der Waals surface area contributed by atoms with Gasteiger partial charge in [0.2, 0.25) is 0 Å². The van der Waals surface area contributed by atoms with E-state index in [1.807, 2.05) is 0 Å². The van der Waals surface area contributed by atoms with Gasteiger partial charge in [-0.1, -0.05) is 23.7 Å². The SMILES string of the molecule is COc1cc(N2CC[C@H](c3ccc(Cl)c(C)c3)C(F)(F)C2)c(F)cc1[N+](=O)[O-]. The van der Waals surface area contributed by atoms with E-state index in [-0.39, 0.29) is 24.4 Å². The minimum absolute atomic E-state index is 0.0901. The Morgan fingerprint density at radius 1 is 1.32 bits per heavy atom. The van der Waals surface area contributed by atoms with E-state index < -0.39 is 34.8 Å². The molecule has 1 fully saturated rings. The zero-order chi connectivity index (χ0) is 20.6. The quantitative estimate of drug-likeness (QED) is 0.501. The average Bonchev–Trinajstić information content (AvgIpc) is 2.63. The summed E-state index contributed by atoms with van der Waals surface area (Å²) in [6.45, 7) is 1.20. The Bertz CT molecular complexity index is 924. The molecule has 5 nitrogen and oxygen atoms in total. The van der Waals surface area contributed by atoms with Crippen molar-refractivity contribution in [3.05, 3.63) is 62.4 Å². The van der Waals surface area contributed by atoms with Gasteiger partial charge in [0.1, 0.15) is 0 Å². The first-order chi connectivity index (χ1) is 13.1. The number of methoxy groups -OCH3 is 1. The monoisotopic (exact) mass is 414 g/mol. The molecule has 2 aromatic rings. The average molecular weight is 415 g/mol. The number of aryl methyl sites for hydroxylation is 1. The molecule has 1 aliphatic rings. The summed E-state index contributed by atoms with van der Waals surface area (Å²) in [5, 5.41) is 11.5. The van der Waals surface area contributed by atoms with E-state index in [0.29, 0.717) is 22.2 Å². The van der Waals surface area contributed by atoms with Crippen LogP contribution in [0.15, 0.2) is 30.3 Å². The molecule has 28 heavy (non-hydrogen) atoms. The van der Waals surface area contributed by atoms with Crippen molar-refractivity contribution in [3.8, 4) is 5.75 Å². The standard InChI is InChI=1S/C19H18ClF3N2O3/c1-11-7-12(3-4-14(11)20)13-5-6-24(10-19(13,22)23)16-9-18(28-2)17(25(26)27)8-15(16)21/h3-4,7-9,13H,5-6,10H2,1-2H3/t13-/m1/s1. The lowest BCUT2D eigenvalue weighted by Gasteiger charge is -2.40. The molecule has 9 heteroatoms. The molecular weight excluding hydrogens is 397 g/mol. The number of nitro benzene ring substituents is 1. The third-order valence-corrected chi connectivity index (χ3v) is 5.39. The Labute approximate surface area is 164 Å². The predicted octanol–water partition coefficient (Wildman–Crippen LogP) is 5.33. The van der Waals surface area contributed by atoms with Gasteiger partial charge in [-0.2, -0.15) is 0 Å². The van der Waals surface area contributed by atoms with Crippen molar-refractivity contribution in [1.82, 2.24) is 0 Å². The highest BCUT2D eigenvalue weighted by Crippen LogP contribution is 2.44. The van der Waals surface area contributed by atoms with Crippen LogP contribution in [-0.2, 0) is 0 Å². The van der Waals surface area contributed by atoms with Crippen LogP contribution in [0, 0.1) is 22.9 Å². The van der Waals surface area contributed by atoms with Gasteiger partial charge in [0.05, 0.1) is 36.2 Å². The number of piperidine rings is 1. The molecule has 0 spiro atoms. The zero-order valence-electron chi connectivity index (χ0n) is 15.2. The Balaban J connectivity index is 1.90. The molecule has 0 bridgehead atoms. The molecule has 0 unspecified atom stereocenters. The molecule has 150 valence electrons. The highest BCUT2D eigenvalue weighted by molar-refractivity contribution is 6.31. The summed E-state index contributed by atoms with van der Waals surface area (Å²) in [6, 6.07) is 6.61. The number of benzene rings is 2. The maximum Gasteiger partial charge on any atom is 0.313 e. The van der Waals surface area contributed by atoms with Crippen molar-refractivity contribution in [1.29, 1.82) is 0 Å². The van der Waals surface area contributed by atoms with Crippen LogP contribution in [0.3, 0.4) is 0 Å². The van der Waals surface area contributed by atoms with Gasteiger partial charge in [0, 0.05) is 17.6 Å². The van der Waals surface area contributed by atoms with Crippen molar-refractivity contribution < 1.29 is 22.8 Å². The van der Waals surface area contributed by atoms with Crippen LogP contribution in [0.4, 0.5) is 24.5 Å². The van der Waals surface area contributed by atoms with Gasteiger partial charge in [0.25, 0.3) is 5.92 Å². The van der Waals surface area contributed by atoms with Crippen LogP contribution < -0.4 is 9.64 Å². The van der Waals surface area contributed by atoms with Crippen LogP contribution in [-0.4, -0.2) is 31.0 Å². The van der Waals surface area contributed by atoms with Crippen molar-refractivity contribution >= 4 is 23.0 Å². The Morgan fingerprint density at radius 3 is 2.61 bits per heavy atom. The minimum atomic E-state index is -3.13. The number of alkyl halides is 2. The van der Waals surface area contributed by atoms with Gasteiger partial charge in [-0.25, -0.2) is 13.2 Å². The van der Waals surface area contributed by atoms with Crippen LogP contribution in [0.2, 0.25) is 5.02 Å². The van der Waals surface area contributed by atoms with Crippen LogP contribution in [0.1, 0.15) is 23.5 Å². The van der Waals surface area contributed by atoms with Crippen molar-refractivity contribution in [2.24, 2.45) is 0 Å². The van der Waals surface area contributed by atoms with Crippen LogP contribution in [0.5, 0.6) is 5.75 Å². The molecule has 1 saturated heterocycles. The molecule has 0 saturated carbocycles. The van der Waals surface area contributed by atoms with E-state index in [4.69, 9.17) is 16.3 Å². The summed E-state index contributed by atoms with van der Waals surface area (Å²) in [5.41, 5.74) is 0.492. The van der Waals surface area contributed by atoms with Gasteiger partial charge < -0.3 is 9.64 Å². The van der Waals surface area contributed by atoms with Gasteiger partial charge in [-0.15, -0.1) is 0 Å². The lowest BCUT2D eigenvalue weighted by atomic mass is 9.85. The number of rotatable bonds is 4. The van der Waals surface area contributed by atoms with Crippen molar-refractivity contribution in [3.63, 3.8) is 0 Å². The molecule has 2 aromatic carbocycles. The molecule has 3 rings (SSSR count). The van der Waals surface area contributed by atoms with Gasteiger partial charge in [-0.3, -0.25) is 10.1 Å². The smallest absolute Gasteiger partial charge is 0.313 e. The van der Waals surface area contributed by atoms with Gasteiger partial charge in [0.15, 0.2) is 11.6 Å². The Hall–Kier alpha value is -2.48. The van der Waals surface area contributed by atoms with E-state index in [0.717, 1.165) is 6.07 Å². The number of halogens is 4. The number of hydrogen-bond donors (Lipinski definition) is 0. The maximum absolute atomic E-state index is 14.9. The number of anilines is 1. The highest BCUT2D eigenvalue weighted by Gasteiger charge is 2.46. The molecule has 0 aliphatic carbocycles. The van der Waals surface area contributed by atoms with E-state index >= 15 is 0 Å². The molecule has 0 N–H and O–H groups in total. The van der Waals surface area contributed by atoms with E-state index in [1.54, 1.807) is 25.1 Å². The summed E-state index contributed by atoms with van der Waals surface area (Å²) in [6.07, 6.45) is 0.0901. The predicted molar refractivity (Wildman–Crippen MR) is 100 cm³/mol. The molecule has 0 amide bonds. The lowest BCUT2D eigenvalue weighted by molar-refractivity contribution is -0.385. The third kappa shape index (κ3) is 3.73. The van der Waals surface area contributed by atoms with E-state index in [1.165, 1.54) is 12.0 Å².